The average molecular weight is 583 g/mol. The van der Waals surface area contributed by atoms with Crippen molar-refractivity contribution in [1.82, 2.24) is 0 Å². The average Bonchev–Trinajstić information content (AvgIpc) is 3.36. The van der Waals surface area contributed by atoms with Gasteiger partial charge in [-0.15, -0.1) is 0 Å². The highest BCUT2D eigenvalue weighted by Crippen LogP contribution is 2.62. The monoisotopic (exact) mass is 582 g/mol. The molecule has 4 aromatic rings. The van der Waals surface area contributed by atoms with E-state index in [1.54, 1.807) is 84.9 Å². The highest BCUT2D eigenvalue weighted by Gasteiger charge is 2.45. The number of nitrogens with zero attached hydrogens (tertiary/aromatic N) is 1. The van der Waals surface area contributed by atoms with E-state index in [1.807, 2.05) is 0 Å². The molecule has 1 atom stereocenters. The highest BCUT2D eigenvalue weighted by molar-refractivity contribution is 9.10. The predicted octanol–water partition coefficient (Wildman–Crippen LogP) is 7.55. The predicted molar refractivity (Wildman–Crippen MR) is 141 cm³/mol. The number of anilines is 1. The molecule has 1 heterocycles. The second-order valence-electron chi connectivity index (χ2n) is 7.92. The summed E-state index contributed by atoms with van der Waals surface area (Å²) < 4.78 is 38.5. The van der Waals surface area contributed by atoms with Crippen LogP contribution in [0.15, 0.2) is 102 Å². The molecular weight excluding hydrogens is 563 g/mol. The van der Waals surface area contributed by atoms with Crippen LogP contribution in [0.25, 0.3) is 0 Å². The molecule has 5 rings (SSSR count). The molecule has 37 heavy (non-hydrogen) atoms. The Kier molecular flexibility index (Phi) is 7.03. The number of halogens is 1. The molecule has 0 bridgehead atoms. The zero-order valence-electron chi connectivity index (χ0n) is 19.2. The van der Waals surface area contributed by atoms with Crippen LogP contribution in [0.4, 0.5) is 11.4 Å². The van der Waals surface area contributed by atoms with Crippen LogP contribution in [-0.2, 0) is 4.57 Å². The normalized spacial score (nSPS) is 13.0. The fraction of sp³-hybridized carbons (Fsp3) is 0.0769. The molecule has 4 aromatic carbocycles. The zero-order chi connectivity index (χ0) is 25.8. The van der Waals surface area contributed by atoms with Crippen molar-refractivity contribution in [3.63, 3.8) is 0 Å². The van der Waals surface area contributed by atoms with Crippen LogP contribution in [0.2, 0.25) is 0 Å². The van der Waals surface area contributed by atoms with Gasteiger partial charge in [0.05, 0.1) is 16.6 Å². The number of ether oxygens (including phenoxy) is 2. The largest absolute Gasteiger partial charge is 0.457 e. The first-order valence-corrected chi connectivity index (χ1v) is 13.5. The van der Waals surface area contributed by atoms with Gasteiger partial charge in [0.15, 0.2) is 17.3 Å². The summed E-state index contributed by atoms with van der Waals surface area (Å²) in [7, 11) is -4.29. The molecule has 0 saturated carbocycles. The summed E-state index contributed by atoms with van der Waals surface area (Å²) in [5, 5.41) is 15.3. The topological polar surface area (TPSA) is 109 Å². The SMILES string of the molecule is O=[N+]([O-])c1cc2c(cc1C(Nc1ccc(Br)cc1)P(=O)(Oc1ccccc1)Oc1ccccc1)OCO2. The maximum Gasteiger partial charge on any atom is 0.457 e. The number of nitro benzene ring substituents is 1. The summed E-state index contributed by atoms with van der Waals surface area (Å²) in [5.74, 6) is -0.265. The van der Waals surface area contributed by atoms with E-state index in [9.17, 15) is 14.7 Å². The first-order valence-electron chi connectivity index (χ1n) is 11.1. The molecule has 0 fully saturated rings. The second-order valence-corrected chi connectivity index (χ2v) is 10.8. The third kappa shape index (κ3) is 5.55. The Morgan fingerprint density at radius 3 is 1.95 bits per heavy atom. The van der Waals surface area contributed by atoms with Gasteiger partial charge in [0.2, 0.25) is 6.79 Å². The van der Waals surface area contributed by atoms with Gasteiger partial charge in [0, 0.05) is 10.2 Å². The molecule has 0 aliphatic carbocycles. The fourth-order valence-corrected chi connectivity index (χ4v) is 5.93. The van der Waals surface area contributed by atoms with Crippen molar-refractivity contribution >= 4 is 34.9 Å². The van der Waals surface area contributed by atoms with E-state index in [1.165, 1.54) is 12.1 Å². The van der Waals surface area contributed by atoms with E-state index in [0.717, 1.165) is 4.47 Å². The first-order chi connectivity index (χ1) is 17.9. The van der Waals surface area contributed by atoms with E-state index in [0.29, 0.717) is 5.69 Å². The minimum Gasteiger partial charge on any atom is -0.454 e. The molecule has 1 N–H and O–H groups in total. The van der Waals surface area contributed by atoms with E-state index < -0.39 is 18.3 Å². The quantitative estimate of drug-likeness (QED) is 0.122. The van der Waals surface area contributed by atoms with Crippen LogP contribution in [0.3, 0.4) is 0 Å². The van der Waals surface area contributed by atoms with Gasteiger partial charge in [-0.1, -0.05) is 52.3 Å². The molecule has 9 nitrogen and oxygen atoms in total. The standard InChI is InChI=1S/C26H20BrN2O7P/c27-18-11-13-19(14-12-18)28-26(22-15-24-25(34-17-33-24)16-23(22)29(30)31)37(32,35-20-7-3-1-4-8-20)36-21-9-5-2-6-10-21/h1-16,26,28H,17H2. The summed E-state index contributed by atoms with van der Waals surface area (Å²) in [4.78, 5) is 11.6. The molecule has 0 amide bonds. The van der Waals surface area contributed by atoms with Gasteiger partial charge >= 0.3 is 7.60 Å². The van der Waals surface area contributed by atoms with Crippen molar-refractivity contribution in [2.24, 2.45) is 0 Å². The second kappa shape index (κ2) is 10.5. The third-order valence-electron chi connectivity index (χ3n) is 5.43. The number of nitro groups is 1. The van der Waals surface area contributed by atoms with Gasteiger partial charge in [0.25, 0.3) is 5.69 Å². The smallest absolute Gasteiger partial charge is 0.454 e. The van der Waals surface area contributed by atoms with Crippen molar-refractivity contribution in [3.8, 4) is 23.0 Å². The van der Waals surface area contributed by atoms with E-state index in [-0.39, 0.29) is 41.0 Å². The Morgan fingerprint density at radius 1 is 0.865 bits per heavy atom. The lowest BCUT2D eigenvalue weighted by Crippen LogP contribution is -2.19. The summed E-state index contributed by atoms with van der Waals surface area (Å²) >= 11 is 3.40. The molecular formula is C26H20BrN2O7P. The van der Waals surface area contributed by atoms with E-state index in [2.05, 4.69) is 21.2 Å². The van der Waals surface area contributed by atoms with Crippen molar-refractivity contribution in [2.45, 2.75) is 5.78 Å². The van der Waals surface area contributed by atoms with Gasteiger partial charge < -0.3 is 23.8 Å². The van der Waals surface area contributed by atoms with E-state index >= 15 is 0 Å². The minimum atomic E-state index is -4.29. The first kappa shape index (κ1) is 24.7. The Morgan fingerprint density at radius 2 is 1.41 bits per heavy atom. The fourth-order valence-electron chi connectivity index (χ4n) is 3.74. The zero-order valence-corrected chi connectivity index (χ0v) is 21.6. The maximum atomic E-state index is 14.8. The lowest BCUT2D eigenvalue weighted by molar-refractivity contribution is -0.385. The van der Waals surface area contributed by atoms with Crippen LogP contribution in [-0.4, -0.2) is 11.7 Å². The molecule has 1 aliphatic rings. The number of fused-ring (bicyclic) bond motifs is 1. The van der Waals surface area contributed by atoms with Crippen molar-refractivity contribution < 1.29 is 28.0 Å². The number of nitrogens with one attached hydrogen (secondary N) is 1. The lowest BCUT2D eigenvalue weighted by atomic mass is 10.1. The molecule has 1 aliphatic heterocycles. The van der Waals surface area contributed by atoms with Crippen molar-refractivity contribution in [3.05, 3.63) is 117 Å². The Balaban J connectivity index is 1.69. The third-order valence-corrected chi connectivity index (χ3v) is 7.93. The summed E-state index contributed by atoms with van der Waals surface area (Å²) in [6.45, 7) is -0.0839. The Labute approximate surface area is 220 Å². The van der Waals surface area contributed by atoms with Crippen LogP contribution in [0.1, 0.15) is 11.3 Å². The Hall–Kier alpha value is -4.01. The number of hydrogen-bond donors (Lipinski definition) is 1. The summed E-state index contributed by atoms with van der Waals surface area (Å²) in [5.41, 5.74) is 0.258. The van der Waals surface area contributed by atoms with Crippen LogP contribution in [0, 0.1) is 10.1 Å². The maximum absolute atomic E-state index is 14.8. The molecule has 0 radical (unpaired) electrons. The van der Waals surface area contributed by atoms with Crippen LogP contribution in [0.5, 0.6) is 23.0 Å². The number of para-hydroxylation sites is 2. The molecule has 0 aromatic heterocycles. The van der Waals surface area contributed by atoms with Crippen molar-refractivity contribution in [1.29, 1.82) is 0 Å². The van der Waals surface area contributed by atoms with Gasteiger partial charge in [-0.25, -0.2) is 4.57 Å². The molecule has 188 valence electrons. The Bertz CT molecular complexity index is 1410. The van der Waals surface area contributed by atoms with Crippen molar-refractivity contribution in [2.75, 3.05) is 12.1 Å². The molecule has 0 saturated heterocycles. The number of rotatable bonds is 9. The lowest BCUT2D eigenvalue weighted by Gasteiger charge is -2.29. The van der Waals surface area contributed by atoms with Gasteiger partial charge in [-0.3, -0.25) is 10.1 Å². The molecule has 0 spiro atoms. The van der Waals surface area contributed by atoms with Crippen LogP contribution >= 0.6 is 23.5 Å². The van der Waals surface area contributed by atoms with E-state index in [4.69, 9.17) is 18.5 Å². The number of hydrogen-bond acceptors (Lipinski definition) is 8. The van der Waals surface area contributed by atoms with Gasteiger partial charge in [-0.2, -0.15) is 0 Å². The summed E-state index contributed by atoms with van der Waals surface area (Å²) in [6, 6.07) is 26.7. The molecule has 1 unspecified atom stereocenters. The highest BCUT2D eigenvalue weighted by atomic mass is 79.9. The molecule has 11 heteroatoms. The van der Waals surface area contributed by atoms with Gasteiger partial charge in [0.1, 0.15) is 11.5 Å². The number of benzene rings is 4. The van der Waals surface area contributed by atoms with Crippen LogP contribution < -0.4 is 23.8 Å². The van der Waals surface area contributed by atoms with Gasteiger partial charge in [-0.05, 0) is 54.6 Å². The summed E-state index contributed by atoms with van der Waals surface area (Å²) in [6.07, 6.45) is 0. The minimum absolute atomic E-state index is 0.0485.